The average molecular weight is 402 g/mol. The van der Waals surface area contributed by atoms with Crippen molar-refractivity contribution in [2.24, 2.45) is 0 Å². The lowest BCUT2D eigenvalue weighted by Gasteiger charge is -2.10. The first-order valence-corrected chi connectivity index (χ1v) is 9.59. The Bertz CT molecular complexity index is 1000. The van der Waals surface area contributed by atoms with E-state index in [1.165, 1.54) is 5.56 Å². The molecule has 1 heterocycles. The van der Waals surface area contributed by atoms with Crippen molar-refractivity contribution in [1.29, 1.82) is 0 Å². The first-order chi connectivity index (χ1) is 13.0. The quantitative estimate of drug-likeness (QED) is 0.566. The van der Waals surface area contributed by atoms with Crippen LogP contribution in [-0.2, 0) is 11.2 Å². The fourth-order valence-corrected chi connectivity index (χ4v) is 3.08. The summed E-state index contributed by atoms with van der Waals surface area (Å²) >= 11 is 11.5. The summed E-state index contributed by atoms with van der Waals surface area (Å²) in [7, 11) is 0. The molecule has 2 N–H and O–H groups in total. The molecule has 1 amide bonds. The Balaban J connectivity index is 1.85. The first kappa shape index (κ1) is 19.3. The standard InChI is InChI=1S/C20H20ClN3O2S/c1-3-5-18(25)24-20(27)22-13-7-8-15(21)14(11-13)19-23-16-10-12(4-2)6-9-17(16)26-19/h6-11H,3-5H2,1-2H3,(H2,22,24,25,27). The number of halogens is 1. The Hall–Kier alpha value is -2.44. The summed E-state index contributed by atoms with van der Waals surface area (Å²) < 4.78 is 5.86. The molecule has 0 atom stereocenters. The normalized spacial score (nSPS) is 10.8. The van der Waals surface area contributed by atoms with Gasteiger partial charge in [-0.05, 0) is 61.0 Å². The van der Waals surface area contributed by atoms with Crippen molar-refractivity contribution in [3.05, 3.63) is 47.0 Å². The first-order valence-electron chi connectivity index (χ1n) is 8.80. The molecule has 0 unspecified atom stereocenters. The molecular weight excluding hydrogens is 382 g/mol. The largest absolute Gasteiger partial charge is 0.436 e. The number of aromatic nitrogens is 1. The van der Waals surface area contributed by atoms with E-state index in [0.29, 0.717) is 34.2 Å². The van der Waals surface area contributed by atoms with Crippen molar-refractivity contribution in [1.82, 2.24) is 10.3 Å². The molecule has 0 bridgehead atoms. The van der Waals surface area contributed by atoms with Gasteiger partial charge in [-0.3, -0.25) is 4.79 Å². The Morgan fingerprint density at radius 3 is 2.78 bits per heavy atom. The molecule has 3 aromatic rings. The van der Waals surface area contributed by atoms with E-state index in [1.54, 1.807) is 18.2 Å². The number of thiocarbonyl (C=S) groups is 1. The van der Waals surface area contributed by atoms with Gasteiger partial charge in [-0.25, -0.2) is 4.98 Å². The maximum Gasteiger partial charge on any atom is 0.228 e. The van der Waals surface area contributed by atoms with Crippen LogP contribution in [0.4, 0.5) is 5.69 Å². The zero-order valence-electron chi connectivity index (χ0n) is 15.1. The molecule has 0 spiro atoms. The van der Waals surface area contributed by atoms with Gasteiger partial charge in [0.25, 0.3) is 0 Å². The molecule has 0 aliphatic heterocycles. The van der Waals surface area contributed by atoms with E-state index in [4.69, 9.17) is 28.2 Å². The molecule has 3 rings (SSSR count). The molecule has 1 aromatic heterocycles. The summed E-state index contributed by atoms with van der Waals surface area (Å²) in [5.41, 5.74) is 4.03. The third-order valence-electron chi connectivity index (χ3n) is 4.04. The number of fused-ring (bicyclic) bond motifs is 1. The third-order valence-corrected chi connectivity index (χ3v) is 4.58. The van der Waals surface area contributed by atoms with Gasteiger partial charge >= 0.3 is 0 Å². The second-order valence-electron chi connectivity index (χ2n) is 6.12. The average Bonchev–Trinajstić information content (AvgIpc) is 3.06. The molecule has 0 radical (unpaired) electrons. The van der Waals surface area contributed by atoms with Crippen molar-refractivity contribution in [2.75, 3.05) is 5.32 Å². The topological polar surface area (TPSA) is 67.2 Å². The number of carbonyl (C=O) groups excluding carboxylic acids is 1. The van der Waals surface area contributed by atoms with E-state index in [-0.39, 0.29) is 11.0 Å². The van der Waals surface area contributed by atoms with Crippen LogP contribution in [0.3, 0.4) is 0 Å². The minimum absolute atomic E-state index is 0.116. The smallest absolute Gasteiger partial charge is 0.228 e. The lowest BCUT2D eigenvalue weighted by molar-refractivity contribution is -0.119. The fraction of sp³-hybridized carbons (Fsp3) is 0.250. The van der Waals surface area contributed by atoms with Crippen LogP contribution in [0.25, 0.3) is 22.6 Å². The van der Waals surface area contributed by atoms with Crippen LogP contribution in [0, 0.1) is 0 Å². The van der Waals surface area contributed by atoms with Crippen LogP contribution < -0.4 is 10.6 Å². The summed E-state index contributed by atoms with van der Waals surface area (Å²) in [6.07, 6.45) is 2.12. The second-order valence-corrected chi connectivity index (χ2v) is 6.94. The number of rotatable bonds is 5. The van der Waals surface area contributed by atoms with Crippen LogP contribution in [0.5, 0.6) is 0 Å². The highest BCUT2D eigenvalue weighted by molar-refractivity contribution is 7.80. The van der Waals surface area contributed by atoms with Crippen molar-refractivity contribution in [3.8, 4) is 11.5 Å². The van der Waals surface area contributed by atoms with Gasteiger partial charge in [0.05, 0.1) is 10.6 Å². The SMILES string of the molecule is CCCC(=O)NC(=S)Nc1ccc(Cl)c(-c2nc3cc(CC)ccc3o2)c1. The summed E-state index contributed by atoms with van der Waals surface area (Å²) in [6, 6.07) is 11.3. The summed E-state index contributed by atoms with van der Waals surface area (Å²) in [5, 5.41) is 6.40. The van der Waals surface area contributed by atoms with E-state index in [0.717, 1.165) is 18.4 Å². The highest BCUT2D eigenvalue weighted by Gasteiger charge is 2.13. The molecule has 2 aromatic carbocycles. The summed E-state index contributed by atoms with van der Waals surface area (Å²) in [5.74, 6) is 0.322. The minimum atomic E-state index is -0.116. The van der Waals surface area contributed by atoms with Gasteiger partial charge in [0, 0.05) is 12.1 Å². The highest BCUT2D eigenvalue weighted by Crippen LogP contribution is 2.32. The number of hydrogen-bond acceptors (Lipinski definition) is 4. The van der Waals surface area contributed by atoms with E-state index >= 15 is 0 Å². The van der Waals surface area contributed by atoms with Gasteiger partial charge in [-0.2, -0.15) is 0 Å². The molecule has 7 heteroatoms. The maximum atomic E-state index is 11.7. The van der Waals surface area contributed by atoms with E-state index in [9.17, 15) is 4.79 Å². The van der Waals surface area contributed by atoms with Crippen molar-refractivity contribution in [2.45, 2.75) is 33.1 Å². The summed E-state index contributed by atoms with van der Waals surface area (Å²) in [4.78, 5) is 16.2. The predicted molar refractivity (Wildman–Crippen MR) is 113 cm³/mol. The van der Waals surface area contributed by atoms with Crippen LogP contribution in [0.2, 0.25) is 5.02 Å². The van der Waals surface area contributed by atoms with Crippen molar-refractivity contribution < 1.29 is 9.21 Å². The van der Waals surface area contributed by atoms with Gasteiger partial charge in [0.1, 0.15) is 5.52 Å². The summed E-state index contributed by atoms with van der Waals surface area (Å²) in [6.45, 7) is 4.03. The fourth-order valence-electron chi connectivity index (χ4n) is 2.65. The number of benzene rings is 2. The molecule has 27 heavy (non-hydrogen) atoms. The van der Waals surface area contributed by atoms with Gasteiger partial charge < -0.3 is 15.1 Å². The zero-order chi connectivity index (χ0) is 19.4. The number of nitrogens with zero attached hydrogens (tertiary/aromatic N) is 1. The van der Waals surface area contributed by atoms with Crippen LogP contribution >= 0.6 is 23.8 Å². The number of amides is 1. The van der Waals surface area contributed by atoms with Gasteiger partial charge in [-0.1, -0.05) is 31.5 Å². The molecule has 0 saturated heterocycles. The van der Waals surface area contributed by atoms with E-state index in [1.807, 2.05) is 25.1 Å². The van der Waals surface area contributed by atoms with Crippen LogP contribution in [0.1, 0.15) is 32.3 Å². The zero-order valence-corrected chi connectivity index (χ0v) is 16.7. The highest BCUT2D eigenvalue weighted by atomic mass is 35.5. The number of nitrogens with one attached hydrogen (secondary N) is 2. The molecule has 5 nitrogen and oxygen atoms in total. The maximum absolute atomic E-state index is 11.7. The lowest BCUT2D eigenvalue weighted by Crippen LogP contribution is -2.33. The van der Waals surface area contributed by atoms with Crippen LogP contribution in [-0.4, -0.2) is 16.0 Å². The number of anilines is 1. The molecule has 0 saturated carbocycles. The predicted octanol–water partition coefficient (Wildman–Crippen LogP) is 5.32. The number of oxazole rings is 1. The number of aryl methyl sites for hydroxylation is 1. The Labute approximate surface area is 168 Å². The Morgan fingerprint density at radius 2 is 2.04 bits per heavy atom. The molecule has 0 aliphatic rings. The number of hydrogen-bond donors (Lipinski definition) is 2. The molecule has 140 valence electrons. The van der Waals surface area contributed by atoms with Crippen LogP contribution in [0.15, 0.2) is 40.8 Å². The third kappa shape index (κ3) is 4.64. The van der Waals surface area contributed by atoms with Gasteiger partial charge in [0.15, 0.2) is 10.7 Å². The second kappa shape index (κ2) is 8.50. The van der Waals surface area contributed by atoms with E-state index in [2.05, 4.69) is 22.5 Å². The van der Waals surface area contributed by atoms with Gasteiger partial charge in [0.2, 0.25) is 11.8 Å². The van der Waals surface area contributed by atoms with Crippen molar-refractivity contribution in [3.63, 3.8) is 0 Å². The monoisotopic (exact) mass is 401 g/mol. The molecule has 0 fully saturated rings. The van der Waals surface area contributed by atoms with Crippen molar-refractivity contribution >= 4 is 51.6 Å². The Morgan fingerprint density at radius 1 is 1.22 bits per heavy atom. The van der Waals surface area contributed by atoms with Gasteiger partial charge in [-0.15, -0.1) is 0 Å². The van der Waals surface area contributed by atoms with E-state index < -0.39 is 0 Å². The minimum Gasteiger partial charge on any atom is -0.436 e. The lowest BCUT2D eigenvalue weighted by atomic mass is 10.1. The number of carbonyl (C=O) groups is 1. The molecule has 0 aliphatic carbocycles. The Kier molecular flexibility index (Phi) is 6.08. The molecular formula is C20H20ClN3O2S.